The van der Waals surface area contributed by atoms with Gasteiger partial charge < -0.3 is 9.16 Å². The van der Waals surface area contributed by atoms with E-state index in [0.717, 1.165) is 5.76 Å². The molecule has 0 aromatic carbocycles. The number of methoxy groups -OCH3 is 1. The van der Waals surface area contributed by atoms with Crippen molar-refractivity contribution in [1.82, 2.24) is 0 Å². The van der Waals surface area contributed by atoms with Gasteiger partial charge in [-0.2, -0.15) is 0 Å². The Morgan fingerprint density at radius 1 is 1.38 bits per heavy atom. The Labute approximate surface area is 103 Å². The van der Waals surface area contributed by atoms with E-state index in [1.54, 1.807) is 7.11 Å². The van der Waals surface area contributed by atoms with Gasteiger partial charge in [0.1, 0.15) is 10.5 Å². The van der Waals surface area contributed by atoms with Gasteiger partial charge in [-0.3, -0.25) is 4.79 Å². The van der Waals surface area contributed by atoms with E-state index in [1.807, 2.05) is 13.8 Å². The van der Waals surface area contributed by atoms with Crippen LogP contribution in [0.1, 0.15) is 13.8 Å². The zero-order valence-corrected chi connectivity index (χ0v) is 12.7. The van der Waals surface area contributed by atoms with Crippen LogP contribution in [0.15, 0.2) is 11.3 Å². The molecule has 0 aliphatic carbocycles. The second kappa shape index (κ2) is 4.54. The number of thioether (sulfide) groups is 1. The van der Waals surface area contributed by atoms with E-state index in [1.165, 1.54) is 11.8 Å². The molecule has 0 saturated carbocycles. The lowest BCUT2D eigenvalue weighted by atomic mass is 10.1. The van der Waals surface area contributed by atoms with E-state index in [2.05, 4.69) is 19.6 Å². The molecule has 0 saturated heterocycles. The quantitative estimate of drug-likeness (QED) is 0.728. The van der Waals surface area contributed by atoms with E-state index in [4.69, 9.17) is 9.16 Å². The van der Waals surface area contributed by atoms with Gasteiger partial charge in [0.15, 0.2) is 8.32 Å². The second-order valence-electron chi connectivity index (χ2n) is 5.18. The van der Waals surface area contributed by atoms with E-state index < -0.39 is 8.32 Å². The first-order chi connectivity index (χ1) is 7.19. The highest BCUT2D eigenvalue weighted by Crippen LogP contribution is 2.44. The van der Waals surface area contributed by atoms with Crippen molar-refractivity contribution in [2.24, 2.45) is 0 Å². The topological polar surface area (TPSA) is 35.5 Å². The van der Waals surface area contributed by atoms with Gasteiger partial charge >= 0.3 is 0 Å². The van der Waals surface area contributed by atoms with Crippen LogP contribution in [0.5, 0.6) is 0 Å². The largest absolute Gasteiger partial charge is 0.499 e. The highest BCUT2D eigenvalue weighted by atomic mass is 32.2. The molecule has 16 heavy (non-hydrogen) atoms. The van der Waals surface area contributed by atoms with E-state index >= 15 is 0 Å². The molecule has 1 heterocycles. The molecular formula is C11H20O3SSi. The number of hydrogen-bond donors (Lipinski definition) is 0. The summed E-state index contributed by atoms with van der Waals surface area (Å²) in [7, 11) is 0.0549. The molecule has 0 aromatic rings. The SMILES string of the molecule is COC1=C(C)C(=O)SC1(C)CO[Si](C)(C)C. The molecule has 0 bridgehead atoms. The molecule has 1 atom stereocenters. The van der Waals surface area contributed by atoms with Crippen molar-refractivity contribution in [2.75, 3.05) is 13.7 Å². The Balaban J connectivity index is 2.83. The molecule has 1 rings (SSSR count). The Hall–Kier alpha value is -0.263. The Kier molecular flexibility index (Phi) is 3.92. The average molecular weight is 260 g/mol. The van der Waals surface area contributed by atoms with E-state index in [-0.39, 0.29) is 9.86 Å². The first kappa shape index (κ1) is 13.8. The summed E-state index contributed by atoms with van der Waals surface area (Å²) >= 11 is 1.31. The van der Waals surface area contributed by atoms with Gasteiger partial charge in [-0.05, 0) is 33.5 Å². The van der Waals surface area contributed by atoms with Gasteiger partial charge in [-0.25, -0.2) is 0 Å². The van der Waals surface area contributed by atoms with Crippen molar-refractivity contribution in [3.63, 3.8) is 0 Å². The smallest absolute Gasteiger partial charge is 0.219 e. The fourth-order valence-electron chi connectivity index (χ4n) is 1.64. The number of carbonyl (C=O) groups is 1. The number of hydrogen-bond acceptors (Lipinski definition) is 4. The van der Waals surface area contributed by atoms with Crippen LogP contribution in [0.3, 0.4) is 0 Å². The summed E-state index contributed by atoms with van der Waals surface area (Å²) in [6, 6.07) is 0. The highest BCUT2D eigenvalue weighted by molar-refractivity contribution is 8.15. The summed E-state index contributed by atoms with van der Waals surface area (Å²) in [6.45, 7) is 10.8. The van der Waals surface area contributed by atoms with Crippen LogP contribution >= 0.6 is 11.8 Å². The minimum Gasteiger partial charge on any atom is -0.499 e. The molecule has 0 fully saturated rings. The normalized spacial score (nSPS) is 26.5. The van der Waals surface area contributed by atoms with Crippen LogP contribution in [-0.4, -0.2) is 31.9 Å². The van der Waals surface area contributed by atoms with Crippen LogP contribution in [0.4, 0.5) is 0 Å². The molecule has 0 amide bonds. The second-order valence-corrected chi connectivity index (χ2v) is 11.2. The first-order valence-corrected chi connectivity index (χ1v) is 9.55. The van der Waals surface area contributed by atoms with Crippen LogP contribution in [0.25, 0.3) is 0 Å². The van der Waals surface area contributed by atoms with Gasteiger partial charge in [0.05, 0.1) is 13.7 Å². The number of ether oxygens (including phenoxy) is 1. The molecule has 0 aromatic heterocycles. The minimum absolute atomic E-state index is 0.0959. The first-order valence-electron chi connectivity index (χ1n) is 5.32. The third-order valence-corrected chi connectivity index (χ3v) is 4.69. The van der Waals surface area contributed by atoms with Crippen molar-refractivity contribution < 1.29 is 14.0 Å². The molecule has 0 N–H and O–H groups in total. The van der Waals surface area contributed by atoms with Crippen LogP contribution < -0.4 is 0 Å². The summed E-state index contributed by atoms with van der Waals surface area (Å²) < 4.78 is 10.9. The predicted molar refractivity (Wildman–Crippen MR) is 70.0 cm³/mol. The average Bonchev–Trinajstić information content (AvgIpc) is 2.35. The van der Waals surface area contributed by atoms with Crippen molar-refractivity contribution >= 4 is 25.2 Å². The third kappa shape index (κ3) is 2.90. The van der Waals surface area contributed by atoms with Gasteiger partial charge in [-0.1, -0.05) is 11.8 Å². The summed E-state index contributed by atoms with van der Waals surface area (Å²) in [4.78, 5) is 11.7. The summed E-state index contributed by atoms with van der Waals surface area (Å²) in [6.07, 6.45) is 0. The summed E-state index contributed by atoms with van der Waals surface area (Å²) in [5.41, 5.74) is 0.717. The Bertz CT molecular complexity index is 333. The van der Waals surface area contributed by atoms with Crippen molar-refractivity contribution in [3.8, 4) is 0 Å². The predicted octanol–water partition coefficient (Wildman–Crippen LogP) is 2.79. The molecule has 0 radical (unpaired) electrons. The van der Waals surface area contributed by atoms with Crippen molar-refractivity contribution in [1.29, 1.82) is 0 Å². The van der Waals surface area contributed by atoms with Crippen LogP contribution in [0.2, 0.25) is 19.6 Å². The van der Waals surface area contributed by atoms with Gasteiger partial charge in [-0.15, -0.1) is 0 Å². The molecular weight excluding hydrogens is 240 g/mol. The maximum absolute atomic E-state index is 11.7. The maximum Gasteiger partial charge on any atom is 0.219 e. The third-order valence-electron chi connectivity index (χ3n) is 2.43. The van der Waals surface area contributed by atoms with E-state index in [0.29, 0.717) is 12.2 Å². The van der Waals surface area contributed by atoms with E-state index in [9.17, 15) is 4.79 Å². The molecule has 1 unspecified atom stereocenters. The highest BCUT2D eigenvalue weighted by Gasteiger charge is 2.43. The van der Waals surface area contributed by atoms with Crippen LogP contribution in [-0.2, 0) is 14.0 Å². The Morgan fingerprint density at radius 3 is 2.38 bits per heavy atom. The maximum atomic E-state index is 11.7. The molecule has 5 heteroatoms. The standard InChI is InChI=1S/C11H20O3SSi/c1-8-9(13-3)11(2,15-10(8)12)7-14-16(4,5)6/h7H2,1-6H3. The van der Waals surface area contributed by atoms with Crippen molar-refractivity contribution in [3.05, 3.63) is 11.3 Å². The lowest BCUT2D eigenvalue weighted by Gasteiger charge is -2.29. The Morgan fingerprint density at radius 2 is 1.94 bits per heavy atom. The molecule has 0 spiro atoms. The summed E-state index contributed by atoms with van der Waals surface area (Å²) in [5.74, 6) is 0.765. The fourth-order valence-corrected chi connectivity index (χ4v) is 3.56. The molecule has 1 aliphatic heterocycles. The number of carbonyl (C=O) groups excluding carboxylic acids is 1. The molecule has 1 aliphatic rings. The lowest BCUT2D eigenvalue weighted by Crippen LogP contribution is -2.36. The minimum atomic E-state index is -1.56. The van der Waals surface area contributed by atoms with Crippen LogP contribution in [0, 0.1) is 0 Å². The van der Waals surface area contributed by atoms with Gasteiger partial charge in [0.25, 0.3) is 0 Å². The fraction of sp³-hybridized carbons (Fsp3) is 0.727. The zero-order valence-electron chi connectivity index (χ0n) is 10.8. The zero-order chi connectivity index (χ0) is 12.6. The number of rotatable bonds is 4. The van der Waals surface area contributed by atoms with Crippen molar-refractivity contribution in [2.45, 2.75) is 38.2 Å². The molecule has 3 nitrogen and oxygen atoms in total. The van der Waals surface area contributed by atoms with Gasteiger partial charge in [0.2, 0.25) is 5.12 Å². The monoisotopic (exact) mass is 260 g/mol. The summed E-state index contributed by atoms with van der Waals surface area (Å²) in [5, 5.41) is 0.0959. The molecule has 92 valence electrons. The van der Waals surface area contributed by atoms with Gasteiger partial charge in [0, 0.05) is 5.57 Å². The lowest BCUT2D eigenvalue weighted by molar-refractivity contribution is -0.107.